The average molecular weight is 315 g/mol. The molecule has 2 aliphatic carbocycles. The highest BCUT2D eigenvalue weighted by molar-refractivity contribution is 6.25. The Bertz CT molecular complexity index is 688. The topological polar surface area (TPSA) is 101 Å². The van der Waals surface area contributed by atoms with Gasteiger partial charge in [-0.2, -0.15) is 0 Å². The van der Waals surface area contributed by atoms with Gasteiger partial charge in [-0.15, -0.1) is 0 Å². The summed E-state index contributed by atoms with van der Waals surface area (Å²) in [6.45, 7) is 1.28. The number of rotatable bonds is 4. The third-order valence-electron chi connectivity index (χ3n) is 3.64. The van der Waals surface area contributed by atoms with Crippen molar-refractivity contribution in [2.45, 2.75) is 39.0 Å². The molecule has 0 bridgehead atoms. The maximum Gasteiger partial charge on any atom is 0.242 e. The van der Waals surface area contributed by atoms with Gasteiger partial charge >= 0.3 is 0 Å². The van der Waals surface area contributed by atoms with Gasteiger partial charge in [-0.05, 0) is 12.2 Å². The standard InChI is InChI=1S/C17H17NO5/c1-10(19)18-11(2-4-12-14(20)6-7-15(12)21)3-5-13-16(22)8-9-17(13)23/h2,4-5,20H,3,6-9H2,1H3. The van der Waals surface area contributed by atoms with E-state index in [0.717, 1.165) is 0 Å². The Kier molecular flexibility index (Phi) is 5.16. The number of carbonyl (C=O) groups excluding carboxylic acids is 4. The molecule has 1 saturated carbocycles. The fourth-order valence-corrected chi connectivity index (χ4v) is 2.47. The van der Waals surface area contributed by atoms with E-state index in [4.69, 9.17) is 0 Å². The second-order valence-electron chi connectivity index (χ2n) is 5.41. The van der Waals surface area contributed by atoms with Crippen LogP contribution in [0.3, 0.4) is 0 Å². The van der Waals surface area contributed by atoms with Crippen LogP contribution in [0.2, 0.25) is 0 Å². The Balaban J connectivity index is 2.19. The minimum atomic E-state index is -0.428. The number of hydrogen-bond acceptors (Lipinski definition) is 5. The summed E-state index contributed by atoms with van der Waals surface area (Å²) >= 11 is 0. The van der Waals surface area contributed by atoms with Crippen molar-refractivity contribution >= 4 is 29.0 Å². The van der Waals surface area contributed by atoms with E-state index in [0.29, 0.717) is 12.1 Å². The zero-order valence-corrected chi connectivity index (χ0v) is 12.8. The van der Waals surface area contributed by atoms with Crippen molar-refractivity contribution < 1.29 is 24.3 Å². The number of ketones is 3. The normalized spacial score (nSPS) is 19.4. The van der Waals surface area contributed by atoms with E-state index >= 15 is 0 Å². The lowest BCUT2D eigenvalue weighted by molar-refractivity contribution is -0.117. The predicted octanol–water partition coefficient (Wildman–Crippen LogP) is 1.95. The number of Topliss-reactive ketones (excluding diaryl/α,β-unsaturated/α-hetero) is 3. The van der Waals surface area contributed by atoms with E-state index in [2.05, 4.69) is 4.99 Å². The highest BCUT2D eigenvalue weighted by Crippen LogP contribution is 2.22. The van der Waals surface area contributed by atoms with Gasteiger partial charge in [-0.1, -0.05) is 6.08 Å². The molecule has 1 fully saturated rings. The molecular weight excluding hydrogens is 298 g/mol. The van der Waals surface area contributed by atoms with Crippen molar-refractivity contribution in [2.24, 2.45) is 4.99 Å². The Morgan fingerprint density at radius 3 is 2.22 bits per heavy atom. The van der Waals surface area contributed by atoms with Crippen molar-refractivity contribution in [3.8, 4) is 0 Å². The summed E-state index contributed by atoms with van der Waals surface area (Å²) in [6, 6.07) is 0. The molecule has 1 N–H and O–H groups in total. The van der Waals surface area contributed by atoms with Gasteiger partial charge in [0.2, 0.25) is 5.91 Å². The number of allylic oxidation sites excluding steroid dienone is 6. The number of hydrogen-bond donors (Lipinski definition) is 1. The van der Waals surface area contributed by atoms with Crippen LogP contribution in [0.1, 0.15) is 39.0 Å². The summed E-state index contributed by atoms with van der Waals surface area (Å²) in [5.41, 5.74) is 0.674. The highest BCUT2D eigenvalue weighted by Gasteiger charge is 2.25. The predicted molar refractivity (Wildman–Crippen MR) is 83.1 cm³/mol. The van der Waals surface area contributed by atoms with Crippen LogP contribution in [-0.4, -0.2) is 34.1 Å². The maximum absolute atomic E-state index is 11.6. The molecule has 0 aromatic rings. The number of nitrogens with zero attached hydrogens (tertiary/aromatic N) is 1. The second kappa shape index (κ2) is 7.09. The fourth-order valence-electron chi connectivity index (χ4n) is 2.47. The van der Waals surface area contributed by atoms with Crippen molar-refractivity contribution in [3.63, 3.8) is 0 Å². The third kappa shape index (κ3) is 4.18. The van der Waals surface area contributed by atoms with Crippen LogP contribution in [0.5, 0.6) is 0 Å². The monoisotopic (exact) mass is 315 g/mol. The molecule has 23 heavy (non-hydrogen) atoms. The third-order valence-corrected chi connectivity index (χ3v) is 3.64. The summed E-state index contributed by atoms with van der Waals surface area (Å²) in [7, 11) is 0. The molecule has 0 saturated heterocycles. The second-order valence-corrected chi connectivity index (χ2v) is 5.41. The number of carbonyl (C=O) groups is 4. The zero-order chi connectivity index (χ0) is 17.0. The number of aliphatic hydroxyl groups is 1. The quantitative estimate of drug-likeness (QED) is 0.485. The fraction of sp³-hybridized carbons (Fsp3) is 0.353. The van der Waals surface area contributed by atoms with E-state index in [1.54, 1.807) is 0 Å². The molecule has 0 spiro atoms. The molecule has 0 aromatic heterocycles. The summed E-state index contributed by atoms with van der Waals surface area (Å²) in [5, 5.41) is 9.63. The van der Waals surface area contributed by atoms with Gasteiger partial charge in [-0.25, -0.2) is 4.99 Å². The van der Waals surface area contributed by atoms with Crippen molar-refractivity contribution in [1.29, 1.82) is 0 Å². The first-order valence-electron chi connectivity index (χ1n) is 7.36. The van der Waals surface area contributed by atoms with E-state index in [9.17, 15) is 24.3 Å². The van der Waals surface area contributed by atoms with Crippen LogP contribution in [0.25, 0.3) is 0 Å². The van der Waals surface area contributed by atoms with E-state index in [1.807, 2.05) is 0 Å². The Morgan fingerprint density at radius 1 is 1.09 bits per heavy atom. The molecule has 6 heteroatoms. The average Bonchev–Trinajstić information content (AvgIpc) is 2.97. The van der Waals surface area contributed by atoms with Crippen molar-refractivity contribution in [2.75, 3.05) is 0 Å². The van der Waals surface area contributed by atoms with Crippen molar-refractivity contribution in [1.82, 2.24) is 0 Å². The van der Waals surface area contributed by atoms with Gasteiger partial charge in [0, 0.05) is 44.7 Å². The molecule has 0 unspecified atom stereocenters. The van der Waals surface area contributed by atoms with Gasteiger partial charge < -0.3 is 5.11 Å². The number of amides is 1. The van der Waals surface area contributed by atoms with Gasteiger partial charge in [-0.3, -0.25) is 19.2 Å². The first-order chi connectivity index (χ1) is 10.9. The Morgan fingerprint density at radius 2 is 1.70 bits per heavy atom. The lowest BCUT2D eigenvalue weighted by Gasteiger charge is -1.99. The van der Waals surface area contributed by atoms with Gasteiger partial charge in [0.1, 0.15) is 5.76 Å². The van der Waals surface area contributed by atoms with Crippen molar-refractivity contribution in [3.05, 3.63) is 35.1 Å². The minimum absolute atomic E-state index is 0.0212. The van der Waals surface area contributed by atoms with Crippen LogP contribution in [-0.2, 0) is 19.2 Å². The molecule has 0 atom stereocenters. The molecule has 2 aliphatic rings. The summed E-state index contributed by atoms with van der Waals surface area (Å²) in [5.74, 6) is -0.976. The maximum atomic E-state index is 11.6. The van der Waals surface area contributed by atoms with Gasteiger partial charge in [0.15, 0.2) is 17.3 Å². The molecule has 120 valence electrons. The molecule has 0 radical (unpaired) electrons. The SMILES string of the molecule is CC(=O)N=C(C=CC1=C(O)CCC1=O)CC=C1C(=O)CCC1=O. The van der Waals surface area contributed by atoms with Crippen LogP contribution in [0.4, 0.5) is 0 Å². The molecule has 1 amide bonds. The zero-order valence-electron chi connectivity index (χ0n) is 12.8. The van der Waals surface area contributed by atoms with E-state index < -0.39 is 5.91 Å². The minimum Gasteiger partial charge on any atom is -0.512 e. The molecule has 0 aromatic carbocycles. The molecular formula is C17H17NO5. The molecule has 6 nitrogen and oxygen atoms in total. The van der Waals surface area contributed by atoms with Crippen LogP contribution < -0.4 is 0 Å². The largest absolute Gasteiger partial charge is 0.512 e. The van der Waals surface area contributed by atoms with Crippen LogP contribution in [0, 0.1) is 0 Å². The Hall–Kier alpha value is -2.63. The molecule has 2 rings (SSSR count). The number of aliphatic imine (C=N–C) groups is 1. The smallest absolute Gasteiger partial charge is 0.242 e. The molecule has 0 heterocycles. The molecule has 0 aliphatic heterocycles. The van der Waals surface area contributed by atoms with E-state index in [-0.39, 0.29) is 59.9 Å². The summed E-state index contributed by atoms with van der Waals surface area (Å²) < 4.78 is 0. The number of aliphatic hydroxyl groups excluding tert-OH is 1. The van der Waals surface area contributed by atoms with Gasteiger partial charge in [0.05, 0.1) is 11.1 Å². The Labute approximate surface area is 133 Å². The van der Waals surface area contributed by atoms with E-state index in [1.165, 1.54) is 25.2 Å². The summed E-state index contributed by atoms with van der Waals surface area (Å²) in [6.07, 6.45) is 5.48. The highest BCUT2D eigenvalue weighted by atomic mass is 16.3. The first kappa shape index (κ1) is 16.7. The lowest BCUT2D eigenvalue weighted by atomic mass is 10.1. The van der Waals surface area contributed by atoms with Gasteiger partial charge in [0.25, 0.3) is 0 Å². The summed E-state index contributed by atoms with van der Waals surface area (Å²) in [4.78, 5) is 49.7. The van der Waals surface area contributed by atoms with Crippen LogP contribution >= 0.6 is 0 Å². The lowest BCUT2D eigenvalue weighted by Crippen LogP contribution is -2.03. The van der Waals surface area contributed by atoms with Crippen LogP contribution in [0.15, 0.2) is 40.1 Å². The first-order valence-corrected chi connectivity index (χ1v) is 7.36.